The molecule has 2 nitrogen and oxygen atoms in total. The van der Waals surface area contributed by atoms with Gasteiger partial charge in [-0.3, -0.25) is 0 Å². The molecule has 0 radical (unpaired) electrons. The highest BCUT2D eigenvalue weighted by molar-refractivity contribution is 7.99. The van der Waals surface area contributed by atoms with Crippen molar-refractivity contribution < 1.29 is 5.11 Å². The maximum atomic E-state index is 9.01. The van der Waals surface area contributed by atoms with E-state index in [0.717, 1.165) is 13.0 Å². The SMILES string of the molecule is CC(C)(CCO)NCC1CSc2ccccc21. The highest BCUT2D eigenvalue weighted by Crippen LogP contribution is 2.39. The van der Waals surface area contributed by atoms with E-state index in [1.165, 1.54) is 16.2 Å². The van der Waals surface area contributed by atoms with E-state index in [4.69, 9.17) is 5.11 Å². The molecule has 0 aliphatic carbocycles. The Hall–Kier alpha value is -0.510. The maximum Gasteiger partial charge on any atom is 0.0448 e. The Morgan fingerprint density at radius 1 is 1.41 bits per heavy atom. The van der Waals surface area contributed by atoms with Crippen LogP contribution in [-0.2, 0) is 0 Å². The number of hydrogen-bond acceptors (Lipinski definition) is 3. The molecule has 1 atom stereocenters. The van der Waals surface area contributed by atoms with Crippen molar-refractivity contribution in [2.45, 2.75) is 36.6 Å². The van der Waals surface area contributed by atoms with E-state index in [0.29, 0.717) is 5.92 Å². The molecule has 1 aliphatic rings. The van der Waals surface area contributed by atoms with Gasteiger partial charge in [0.25, 0.3) is 0 Å². The van der Waals surface area contributed by atoms with Gasteiger partial charge in [-0.25, -0.2) is 0 Å². The summed E-state index contributed by atoms with van der Waals surface area (Å²) in [5.74, 6) is 1.77. The molecule has 0 fully saturated rings. The summed E-state index contributed by atoms with van der Waals surface area (Å²) in [6, 6.07) is 8.67. The molecule has 0 bridgehead atoms. The van der Waals surface area contributed by atoms with Crippen molar-refractivity contribution in [2.75, 3.05) is 18.9 Å². The smallest absolute Gasteiger partial charge is 0.0448 e. The van der Waals surface area contributed by atoms with E-state index in [9.17, 15) is 0 Å². The number of rotatable bonds is 5. The van der Waals surface area contributed by atoms with E-state index in [-0.39, 0.29) is 12.1 Å². The standard InChI is InChI=1S/C14H21NOS/c1-14(2,7-8-16)15-9-11-10-17-13-6-4-3-5-12(11)13/h3-6,11,15-16H,7-10H2,1-2H3. The first-order chi connectivity index (χ1) is 8.12. The van der Waals surface area contributed by atoms with Crippen LogP contribution in [-0.4, -0.2) is 29.5 Å². The minimum atomic E-state index is 0.0248. The summed E-state index contributed by atoms with van der Waals surface area (Å²) in [5, 5.41) is 12.6. The van der Waals surface area contributed by atoms with Crippen molar-refractivity contribution in [3.05, 3.63) is 29.8 Å². The number of thioether (sulfide) groups is 1. The van der Waals surface area contributed by atoms with E-state index in [1.807, 2.05) is 11.8 Å². The molecule has 0 spiro atoms. The van der Waals surface area contributed by atoms with Crippen LogP contribution in [0.4, 0.5) is 0 Å². The van der Waals surface area contributed by atoms with Gasteiger partial charge < -0.3 is 10.4 Å². The zero-order valence-corrected chi connectivity index (χ0v) is 11.4. The summed E-state index contributed by atoms with van der Waals surface area (Å²) in [5.41, 5.74) is 1.50. The molecular formula is C14H21NOS. The van der Waals surface area contributed by atoms with Crippen LogP contribution in [0.5, 0.6) is 0 Å². The lowest BCUT2D eigenvalue weighted by Crippen LogP contribution is -2.42. The first-order valence-corrected chi connectivity index (χ1v) is 7.18. The van der Waals surface area contributed by atoms with Gasteiger partial charge in [-0.15, -0.1) is 11.8 Å². The number of benzene rings is 1. The number of fused-ring (bicyclic) bond motifs is 1. The van der Waals surface area contributed by atoms with Gasteiger partial charge in [-0.2, -0.15) is 0 Å². The van der Waals surface area contributed by atoms with Crippen molar-refractivity contribution in [3.63, 3.8) is 0 Å². The Labute approximate surface area is 108 Å². The number of hydrogen-bond donors (Lipinski definition) is 2. The third kappa shape index (κ3) is 3.24. The molecule has 1 aromatic rings. The van der Waals surface area contributed by atoms with Gasteiger partial charge in [0.15, 0.2) is 0 Å². The molecule has 17 heavy (non-hydrogen) atoms. The normalized spacial score (nSPS) is 19.4. The second kappa shape index (κ2) is 5.42. The highest BCUT2D eigenvalue weighted by atomic mass is 32.2. The van der Waals surface area contributed by atoms with Crippen LogP contribution < -0.4 is 5.32 Å². The number of nitrogens with one attached hydrogen (secondary N) is 1. The zero-order valence-electron chi connectivity index (χ0n) is 10.6. The summed E-state index contributed by atoms with van der Waals surface area (Å²) in [6.07, 6.45) is 0.800. The van der Waals surface area contributed by atoms with Gasteiger partial charge in [0.05, 0.1) is 0 Å². The first kappa shape index (κ1) is 12.9. The summed E-state index contributed by atoms with van der Waals surface area (Å²) >= 11 is 1.95. The monoisotopic (exact) mass is 251 g/mol. The van der Waals surface area contributed by atoms with Crippen LogP contribution in [0.15, 0.2) is 29.2 Å². The Balaban J connectivity index is 1.94. The fourth-order valence-electron chi connectivity index (χ4n) is 2.17. The van der Waals surface area contributed by atoms with Crippen LogP contribution in [0.3, 0.4) is 0 Å². The lowest BCUT2D eigenvalue weighted by molar-refractivity contribution is 0.230. The van der Waals surface area contributed by atoms with Crippen LogP contribution in [0, 0.1) is 0 Å². The van der Waals surface area contributed by atoms with Crippen molar-refractivity contribution in [1.29, 1.82) is 0 Å². The predicted molar refractivity (Wildman–Crippen MR) is 73.7 cm³/mol. The van der Waals surface area contributed by atoms with E-state index in [2.05, 4.69) is 43.4 Å². The molecule has 0 aromatic heterocycles. The average molecular weight is 251 g/mol. The Morgan fingerprint density at radius 2 is 2.18 bits per heavy atom. The molecule has 1 aliphatic heterocycles. The summed E-state index contributed by atoms with van der Waals surface area (Å²) in [4.78, 5) is 1.43. The molecule has 1 heterocycles. The van der Waals surface area contributed by atoms with Crippen LogP contribution in [0.25, 0.3) is 0 Å². The molecule has 2 rings (SSSR count). The molecule has 3 heteroatoms. The quantitative estimate of drug-likeness (QED) is 0.844. The number of aliphatic hydroxyl groups excluding tert-OH is 1. The van der Waals surface area contributed by atoms with E-state index >= 15 is 0 Å². The maximum absolute atomic E-state index is 9.01. The van der Waals surface area contributed by atoms with Crippen molar-refractivity contribution in [1.82, 2.24) is 5.32 Å². The second-order valence-corrected chi connectivity index (χ2v) is 6.35. The Morgan fingerprint density at radius 3 is 2.94 bits per heavy atom. The van der Waals surface area contributed by atoms with Crippen LogP contribution >= 0.6 is 11.8 Å². The molecule has 94 valence electrons. The minimum absolute atomic E-state index is 0.0248. The zero-order chi connectivity index (χ0) is 12.3. The molecular weight excluding hydrogens is 230 g/mol. The Kier molecular flexibility index (Phi) is 4.13. The summed E-state index contributed by atoms with van der Waals surface area (Å²) in [6.45, 7) is 5.54. The molecule has 1 aromatic carbocycles. The van der Waals surface area contributed by atoms with E-state index < -0.39 is 0 Å². The molecule has 0 amide bonds. The molecule has 0 saturated heterocycles. The van der Waals surface area contributed by atoms with Crippen molar-refractivity contribution >= 4 is 11.8 Å². The van der Waals surface area contributed by atoms with Crippen LogP contribution in [0.2, 0.25) is 0 Å². The lowest BCUT2D eigenvalue weighted by Gasteiger charge is -2.27. The second-order valence-electron chi connectivity index (χ2n) is 5.28. The van der Waals surface area contributed by atoms with Crippen molar-refractivity contribution in [3.8, 4) is 0 Å². The minimum Gasteiger partial charge on any atom is -0.396 e. The molecule has 2 N–H and O–H groups in total. The van der Waals surface area contributed by atoms with Gasteiger partial charge in [0, 0.05) is 35.3 Å². The van der Waals surface area contributed by atoms with Gasteiger partial charge >= 0.3 is 0 Å². The van der Waals surface area contributed by atoms with Crippen molar-refractivity contribution in [2.24, 2.45) is 0 Å². The third-order valence-electron chi connectivity index (χ3n) is 3.36. The molecule has 0 saturated carbocycles. The average Bonchev–Trinajstić information content (AvgIpc) is 2.70. The van der Waals surface area contributed by atoms with Gasteiger partial charge in [0.1, 0.15) is 0 Å². The largest absolute Gasteiger partial charge is 0.396 e. The lowest BCUT2D eigenvalue weighted by atomic mass is 9.97. The highest BCUT2D eigenvalue weighted by Gasteiger charge is 2.25. The third-order valence-corrected chi connectivity index (χ3v) is 4.61. The van der Waals surface area contributed by atoms with E-state index in [1.54, 1.807) is 0 Å². The summed E-state index contributed by atoms with van der Waals surface area (Å²) < 4.78 is 0. The molecule has 1 unspecified atom stereocenters. The van der Waals surface area contributed by atoms with Gasteiger partial charge in [0.2, 0.25) is 0 Å². The Bertz CT molecular complexity index is 378. The topological polar surface area (TPSA) is 32.3 Å². The fourth-order valence-corrected chi connectivity index (χ4v) is 3.42. The first-order valence-electron chi connectivity index (χ1n) is 6.20. The predicted octanol–water partition coefficient (Wildman–Crippen LogP) is 2.63. The summed E-state index contributed by atoms with van der Waals surface area (Å²) in [7, 11) is 0. The van der Waals surface area contributed by atoms with Gasteiger partial charge in [-0.1, -0.05) is 18.2 Å². The fraction of sp³-hybridized carbons (Fsp3) is 0.571. The number of aliphatic hydroxyl groups is 1. The van der Waals surface area contributed by atoms with Crippen LogP contribution in [0.1, 0.15) is 31.7 Å². The van der Waals surface area contributed by atoms with Gasteiger partial charge in [-0.05, 0) is 31.9 Å².